The molecule has 0 aliphatic rings. The average Bonchev–Trinajstić information content (AvgIpc) is 2.32. The van der Waals surface area contributed by atoms with Gasteiger partial charge in [-0.05, 0) is 52.7 Å². The Morgan fingerprint density at radius 3 is 2.65 bits per heavy atom. The fourth-order valence-corrected chi connectivity index (χ4v) is 3.17. The van der Waals surface area contributed by atoms with E-state index in [0.29, 0.717) is 6.54 Å². The van der Waals surface area contributed by atoms with Gasteiger partial charge in [0.15, 0.2) is 0 Å². The van der Waals surface area contributed by atoms with Gasteiger partial charge in [0.25, 0.3) is 0 Å². The largest absolute Gasteiger partial charge is 0.326 e. The van der Waals surface area contributed by atoms with Crippen LogP contribution in [-0.4, -0.2) is 0 Å². The SMILES string of the molecule is Cc1cccc(Sc2ccc(CN)cc2Br)c1. The summed E-state index contributed by atoms with van der Waals surface area (Å²) in [6.45, 7) is 2.69. The Balaban J connectivity index is 2.24. The van der Waals surface area contributed by atoms with Gasteiger partial charge in [0.2, 0.25) is 0 Å². The number of nitrogens with two attached hydrogens (primary N) is 1. The second-order valence-electron chi connectivity index (χ2n) is 3.89. The monoisotopic (exact) mass is 307 g/mol. The van der Waals surface area contributed by atoms with E-state index in [1.165, 1.54) is 15.4 Å². The molecule has 0 aromatic heterocycles. The molecule has 2 rings (SSSR count). The molecule has 3 heteroatoms. The molecule has 0 atom stereocenters. The number of benzene rings is 2. The van der Waals surface area contributed by atoms with Crippen LogP contribution in [-0.2, 0) is 6.54 Å². The molecule has 0 aliphatic carbocycles. The van der Waals surface area contributed by atoms with Crippen molar-refractivity contribution in [1.82, 2.24) is 0 Å². The predicted molar refractivity (Wildman–Crippen MR) is 77.3 cm³/mol. The summed E-state index contributed by atoms with van der Waals surface area (Å²) in [5.74, 6) is 0. The van der Waals surface area contributed by atoms with Crippen LogP contribution in [0.5, 0.6) is 0 Å². The lowest BCUT2D eigenvalue weighted by molar-refractivity contribution is 1.06. The first-order valence-corrected chi connectivity index (χ1v) is 7.03. The molecule has 0 radical (unpaired) electrons. The summed E-state index contributed by atoms with van der Waals surface area (Å²) in [6, 6.07) is 14.8. The van der Waals surface area contributed by atoms with Crippen LogP contribution in [0.15, 0.2) is 56.7 Å². The van der Waals surface area contributed by atoms with Crippen LogP contribution in [0.25, 0.3) is 0 Å². The lowest BCUT2D eigenvalue weighted by atomic mass is 10.2. The van der Waals surface area contributed by atoms with Crippen molar-refractivity contribution in [2.45, 2.75) is 23.3 Å². The number of hydrogen-bond acceptors (Lipinski definition) is 2. The summed E-state index contributed by atoms with van der Waals surface area (Å²) in [4.78, 5) is 2.47. The van der Waals surface area contributed by atoms with Crippen molar-refractivity contribution in [2.75, 3.05) is 0 Å². The van der Waals surface area contributed by atoms with Crippen LogP contribution in [0, 0.1) is 6.92 Å². The summed E-state index contributed by atoms with van der Waals surface area (Å²) >= 11 is 5.35. The quantitative estimate of drug-likeness (QED) is 0.911. The summed E-state index contributed by atoms with van der Waals surface area (Å²) < 4.78 is 1.10. The Morgan fingerprint density at radius 2 is 2.00 bits per heavy atom. The second kappa shape index (κ2) is 5.71. The van der Waals surface area contributed by atoms with E-state index < -0.39 is 0 Å². The zero-order chi connectivity index (χ0) is 12.3. The van der Waals surface area contributed by atoms with Crippen LogP contribution in [0.4, 0.5) is 0 Å². The van der Waals surface area contributed by atoms with Gasteiger partial charge < -0.3 is 5.73 Å². The van der Waals surface area contributed by atoms with Gasteiger partial charge in [0.1, 0.15) is 0 Å². The Kier molecular flexibility index (Phi) is 4.26. The van der Waals surface area contributed by atoms with Gasteiger partial charge in [-0.2, -0.15) is 0 Å². The minimum absolute atomic E-state index is 0.577. The lowest BCUT2D eigenvalue weighted by Gasteiger charge is -2.06. The van der Waals surface area contributed by atoms with Crippen LogP contribution in [0.3, 0.4) is 0 Å². The van der Waals surface area contributed by atoms with E-state index in [-0.39, 0.29) is 0 Å². The molecule has 0 heterocycles. The van der Waals surface area contributed by atoms with E-state index in [1.54, 1.807) is 11.8 Å². The highest BCUT2D eigenvalue weighted by atomic mass is 79.9. The van der Waals surface area contributed by atoms with Crippen LogP contribution in [0.1, 0.15) is 11.1 Å². The van der Waals surface area contributed by atoms with Crippen molar-refractivity contribution < 1.29 is 0 Å². The van der Waals surface area contributed by atoms with E-state index in [4.69, 9.17) is 5.73 Å². The maximum absolute atomic E-state index is 5.61. The first-order valence-electron chi connectivity index (χ1n) is 5.42. The van der Waals surface area contributed by atoms with Crippen molar-refractivity contribution in [3.05, 3.63) is 58.1 Å². The van der Waals surface area contributed by atoms with Gasteiger partial charge in [-0.1, -0.05) is 35.5 Å². The maximum atomic E-state index is 5.61. The van der Waals surface area contributed by atoms with Gasteiger partial charge >= 0.3 is 0 Å². The Morgan fingerprint density at radius 1 is 1.18 bits per heavy atom. The first kappa shape index (κ1) is 12.7. The summed E-state index contributed by atoms with van der Waals surface area (Å²) in [6.07, 6.45) is 0. The van der Waals surface area contributed by atoms with Gasteiger partial charge in [0, 0.05) is 20.8 Å². The highest BCUT2D eigenvalue weighted by Crippen LogP contribution is 2.34. The molecule has 0 amide bonds. The summed E-state index contributed by atoms with van der Waals surface area (Å²) in [5, 5.41) is 0. The highest BCUT2D eigenvalue weighted by molar-refractivity contribution is 9.10. The van der Waals surface area contributed by atoms with Gasteiger partial charge in [-0.25, -0.2) is 0 Å². The molecule has 1 nitrogen and oxygen atoms in total. The van der Waals surface area contributed by atoms with Crippen LogP contribution < -0.4 is 5.73 Å². The minimum Gasteiger partial charge on any atom is -0.326 e. The number of hydrogen-bond donors (Lipinski definition) is 1. The number of aryl methyl sites for hydroxylation is 1. The van der Waals surface area contributed by atoms with E-state index in [1.807, 2.05) is 0 Å². The maximum Gasteiger partial charge on any atom is 0.0318 e. The molecule has 0 unspecified atom stereocenters. The summed E-state index contributed by atoms with van der Waals surface area (Å²) in [7, 11) is 0. The van der Waals surface area contributed by atoms with Crippen molar-refractivity contribution in [1.29, 1.82) is 0 Å². The lowest BCUT2D eigenvalue weighted by Crippen LogP contribution is -1.95. The number of halogens is 1. The molecule has 0 fully saturated rings. The van der Waals surface area contributed by atoms with E-state index >= 15 is 0 Å². The standard InChI is InChI=1S/C14H14BrNS/c1-10-3-2-4-12(7-10)17-14-6-5-11(9-16)8-13(14)15/h2-8H,9,16H2,1H3. The fraction of sp³-hybridized carbons (Fsp3) is 0.143. The Bertz CT molecular complexity index is 525. The molecule has 0 bridgehead atoms. The summed E-state index contributed by atoms with van der Waals surface area (Å²) in [5.41, 5.74) is 8.04. The van der Waals surface area contributed by atoms with Gasteiger partial charge in [-0.15, -0.1) is 0 Å². The molecule has 2 N–H and O–H groups in total. The average molecular weight is 308 g/mol. The fourth-order valence-electron chi connectivity index (χ4n) is 1.56. The Labute approximate surface area is 115 Å². The number of rotatable bonds is 3. The topological polar surface area (TPSA) is 26.0 Å². The molecule has 2 aromatic rings. The van der Waals surface area contributed by atoms with Crippen LogP contribution >= 0.6 is 27.7 Å². The van der Waals surface area contributed by atoms with Crippen molar-refractivity contribution in [3.8, 4) is 0 Å². The molecule has 0 spiro atoms. The van der Waals surface area contributed by atoms with Crippen molar-refractivity contribution >= 4 is 27.7 Å². The highest BCUT2D eigenvalue weighted by Gasteiger charge is 2.03. The molecule has 0 aliphatic heterocycles. The van der Waals surface area contributed by atoms with Crippen molar-refractivity contribution in [3.63, 3.8) is 0 Å². The zero-order valence-corrected chi connectivity index (χ0v) is 12.0. The molecular weight excluding hydrogens is 294 g/mol. The molecule has 0 saturated carbocycles. The zero-order valence-electron chi connectivity index (χ0n) is 9.61. The molecule has 17 heavy (non-hydrogen) atoms. The van der Waals surface area contributed by atoms with E-state index in [0.717, 1.165) is 10.0 Å². The van der Waals surface area contributed by atoms with E-state index in [9.17, 15) is 0 Å². The normalized spacial score (nSPS) is 10.5. The molecular formula is C14H14BrNS. The third kappa shape index (κ3) is 3.35. The Hall–Kier alpha value is -0.770. The first-order chi connectivity index (χ1) is 8.19. The smallest absolute Gasteiger partial charge is 0.0318 e. The molecule has 88 valence electrons. The van der Waals surface area contributed by atoms with Crippen molar-refractivity contribution in [2.24, 2.45) is 5.73 Å². The predicted octanol–water partition coefficient (Wildman–Crippen LogP) is 4.37. The minimum atomic E-state index is 0.577. The van der Waals surface area contributed by atoms with Gasteiger partial charge in [0.05, 0.1) is 0 Å². The van der Waals surface area contributed by atoms with Gasteiger partial charge in [-0.3, -0.25) is 0 Å². The third-order valence-corrected chi connectivity index (χ3v) is 4.43. The third-order valence-electron chi connectivity index (χ3n) is 2.45. The van der Waals surface area contributed by atoms with Crippen LogP contribution in [0.2, 0.25) is 0 Å². The second-order valence-corrected chi connectivity index (χ2v) is 5.86. The molecule has 0 saturated heterocycles. The molecule has 2 aromatic carbocycles. The van der Waals surface area contributed by atoms with E-state index in [2.05, 4.69) is 65.3 Å².